The number of nitrogens with one attached hydrogen (secondary N) is 1. The number of nitro groups is 1. The van der Waals surface area contributed by atoms with E-state index in [9.17, 15) is 18.9 Å². The Bertz CT molecular complexity index is 470. The summed E-state index contributed by atoms with van der Waals surface area (Å²) >= 11 is 0. The summed E-state index contributed by atoms with van der Waals surface area (Å²) in [6.07, 6.45) is 0.887. The standard InChI is InChI=1S/C13H18F2N2O2/c1-13(2,3)4-5-16-8-9-6-12(17(18)19)11(15)7-10(9)14/h6-7,16H,4-5,8H2,1-3H3. The van der Waals surface area contributed by atoms with Crippen LogP contribution in [0.2, 0.25) is 0 Å². The summed E-state index contributed by atoms with van der Waals surface area (Å²) in [5.41, 5.74) is -0.448. The van der Waals surface area contributed by atoms with Crippen LogP contribution in [-0.4, -0.2) is 11.5 Å². The molecule has 0 aliphatic carbocycles. The van der Waals surface area contributed by atoms with E-state index in [1.165, 1.54) is 0 Å². The van der Waals surface area contributed by atoms with E-state index in [1.807, 2.05) is 0 Å². The van der Waals surface area contributed by atoms with Gasteiger partial charge in [-0.15, -0.1) is 0 Å². The van der Waals surface area contributed by atoms with Crippen molar-refractivity contribution in [1.82, 2.24) is 5.32 Å². The number of nitro benzene ring substituents is 1. The molecular weight excluding hydrogens is 254 g/mol. The molecule has 0 unspecified atom stereocenters. The van der Waals surface area contributed by atoms with Crippen LogP contribution in [0.1, 0.15) is 32.8 Å². The number of rotatable bonds is 5. The van der Waals surface area contributed by atoms with Gasteiger partial charge in [0.2, 0.25) is 5.82 Å². The predicted octanol–water partition coefficient (Wildman–Crippen LogP) is 3.40. The van der Waals surface area contributed by atoms with Crippen LogP contribution in [0.3, 0.4) is 0 Å². The van der Waals surface area contributed by atoms with Gasteiger partial charge in [0, 0.05) is 24.2 Å². The highest BCUT2D eigenvalue weighted by molar-refractivity contribution is 5.37. The van der Waals surface area contributed by atoms with Gasteiger partial charge >= 0.3 is 5.69 Å². The second-order valence-corrected chi connectivity index (χ2v) is 5.64. The van der Waals surface area contributed by atoms with Crippen LogP contribution >= 0.6 is 0 Å². The second-order valence-electron chi connectivity index (χ2n) is 5.64. The van der Waals surface area contributed by atoms with Gasteiger partial charge in [0.05, 0.1) is 4.92 Å². The van der Waals surface area contributed by atoms with E-state index in [0.717, 1.165) is 12.5 Å². The van der Waals surface area contributed by atoms with Gasteiger partial charge in [-0.05, 0) is 18.4 Å². The zero-order chi connectivity index (χ0) is 14.6. The summed E-state index contributed by atoms with van der Waals surface area (Å²) in [5, 5.41) is 13.6. The number of hydrogen-bond donors (Lipinski definition) is 1. The van der Waals surface area contributed by atoms with Crippen LogP contribution in [0.5, 0.6) is 0 Å². The van der Waals surface area contributed by atoms with Crippen molar-refractivity contribution in [2.45, 2.75) is 33.7 Å². The van der Waals surface area contributed by atoms with Gasteiger partial charge in [0.1, 0.15) is 5.82 Å². The maximum atomic E-state index is 13.5. The van der Waals surface area contributed by atoms with Crippen LogP contribution in [0, 0.1) is 27.2 Å². The SMILES string of the molecule is CC(C)(C)CCNCc1cc([N+](=O)[O-])c(F)cc1F. The van der Waals surface area contributed by atoms with E-state index in [1.54, 1.807) is 0 Å². The molecule has 0 radical (unpaired) electrons. The van der Waals surface area contributed by atoms with Crippen molar-refractivity contribution < 1.29 is 13.7 Å². The van der Waals surface area contributed by atoms with Crippen LogP contribution in [0.25, 0.3) is 0 Å². The molecule has 6 heteroatoms. The number of benzene rings is 1. The van der Waals surface area contributed by atoms with Gasteiger partial charge in [-0.1, -0.05) is 20.8 Å². The Morgan fingerprint density at radius 2 is 1.89 bits per heavy atom. The smallest absolute Gasteiger partial charge is 0.305 e. The number of nitrogens with zero attached hydrogens (tertiary/aromatic N) is 1. The average molecular weight is 272 g/mol. The summed E-state index contributed by atoms with van der Waals surface area (Å²) in [6.45, 7) is 7.05. The minimum atomic E-state index is -1.15. The Labute approximate surface area is 111 Å². The minimum Gasteiger partial charge on any atom is -0.313 e. The van der Waals surface area contributed by atoms with Crippen molar-refractivity contribution in [2.24, 2.45) is 5.41 Å². The van der Waals surface area contributed by atoms with Crippen molar-refractivity contribution in [3.05, 3.63) is 39.4 Å². The highest BCUT2D eigenvalue weighted by Gasteiger charge is 2.18. The second kappa shape index (κ2) is 6.06. The van der Waals surface area contributed by atoms with E-state index in [2.05, 4.69) is 26.1 Å². The Morgan fingerprint density at radius 1 is 1.26 bits per heavy atom. The maximum Gasteiger partial charge on any atom is 0.305 e. The van der Waals surface area contributed by atoms with Crippen molar-refractivity contribution in [2.75, 3.05) is 6.54 Å². The van der Waals surface area contributed by atoms with Crippen molar-refractivity contribution >= 4 is 5.69 Å². The van der Waals surface area contributed by atoms with E-state index < -0.39 is 22.2 Å². The third-order valence-corrected chi connectivity index (χ3v) is 2.68. The molecule has 0 atom stereocenters. The van der Waals surface area contributed by atoms with Crippen LogP contribution in [-0.2, 0) is 6.54 Å². The topological polar surface area (TPSA) is 55.2 Å². The molecule has 0 amide bonds. The highest BCUT2D eigenvalue weighted by atomic mass is 19.1. The molecule has 106 valence electrons. The third kappa shape index (κ3) is 4.90. The van der Waals surface area contributed by atoms with E-state index in [0.29, 0.717) is 12.6 Å². The van der Waals surface area contributed by atoms with Crippen LogP contribution < -0.4 is 5.32 Å². The molecule has 1 N–H and O–H groups in total. The van der Waals surface area contributed by atoms with Crippen LogP contribution in [0.4, 0.5) is 14.5 Å². The van der Waals surface area contributed by atoms with Crippen LogP contribution in [0.15, 0.2) is 12.1 Å². The number of hydrogen-bond acceptors (Lipinski definition) is 3. The summed E-state index contributed by atoms with van der Waals surface area (Å²) < 4.78 is 26.6. The summed E-state index contributed by atoms with van der Waals surface area (Å²) in [4.78, 5) is 9.72. The molecule has 0 saturated carbocycles. The lowest BCUT2D eigenvalue weighted by atomic mass is 9.92. The first-order chi connectivity index (χ1) is 8.70. The van der Waals surface area contributed by atoms with E-state index in [-0.39, 0.29) is 17.5 Å². The fourth-order valence-corrected chi connectivity index (χ4v) is 1.54. The summed E-state index contributed by atoms with van der Waals surface area (Å²) in [5.74, 6) is -1.92. The van der Waals surface area contributed by atoms with Gasteiger partial charge in [-0.3, -0.25) is 10.1 Å². The first-order valence-corrected chi connectivity index (χ1v) is 6.04. The zero-order valence-electron chi connectivity index (χ0n) is 11.3. The largest absolute Gasteiger partial charge is 0.313 e. The molecule has 0 aromatic heterocycles. The molecule has 1 aromatic rings. The van der Waals surface area contributed by atoms with E-state index >= 15 is 0 Å². The normalized spacial score (nSPS) is 11.6. The Balaban J connectivity index is 2.68. The fraction of sp³-hybridized carbons (Fsp3) is 0.538. The molecule has 0 spiro atoms. The monoisotopic (exact) mass is 272 g/mol. The highest BCUT2D eigenvalue weighted by Crippen LogP contribution is 2.22. The van der Waals surface area contributed by atoms with E-state index in [4.69, 9.17) is 0 Å². The van der Waals surface area contributed by atoms with Gasteiger partial charge in [-0.2, -0.15) is 4.39 Å². The molecule has 0 heterocycles. The van der Waals surface area contributed by atoms with Gasteiger partial charge < -0.3 is 5.32 Å². The molecule has 0 aliphatic heterocycles. The van der Waals surface area contributed by atoms with Gasteiger partial charge in [0.25, 0.3) is 0 Å². The zero-order valence-corrected chi connectivity index (χ0v) is 11.3. The summed E-state index contributed by atoms with van der Waals surface area (Å²) in [7, 11) is 0. The Morgan fingerprint density at radius 3 is 2.42 bits per heavy atom. The summed E-state index contributed by atoms with van der Waals surface area (Å²) in [6, 6.07) is 1.49. The first-order valence-electron chi connectivity index (χ1n) is 6.04. The molecule has 0 aliphatic rings. The minimum absolute atomic E-state index is 0.0991. The third-order valence-electron chi connectivity index (χ3n) is 2.68. The molecule has 0 fully saturated rings. The Hall–Kier alpha value is -1.56. The average Bonchev–Trinajstić information content (AvgIpc) is 2.24. The first kappa shape index (κ1) is 15.5. The molecule has 1 rings (SSSR count). The maximum absolute atomic E-state index is 13.5. The molecule has 19 heavy (non-hydrogen) atoms. The molecule has 0 saturated heterocycles. The Kier molecular flexibility index (Phi) is 4.94. The van der Waals surface area contributed by atoms with Gasteiger partial charge in [-0.25, -0.2) is 4.39 Å². The van der Waals surface area contributed by atoms with Gasteiger partial charge in [0.15, 0.2) is 0 Å². The van der Waals surface area contributed by atoms with Crippen molar-refractivity contribution in [1.29, 1.82) is 0 Å². The quantitative estimate of drug-likeness (QED) is 0.508. The lowest BCUT2D eigenvalue weighted by Crippen LogP contribution is -2.20. The molecular formula is C13H18F2N2O2. The molecule has 1 aromatic carbocycles. The lowest BCUT2D eigenvalue weighted by molar-refractivity contribution is -0.387. The molecule has 4 nitrogen and oxygen atoms in total. The lowest BCUT2D eigenvalue weighted by Gasteiger charge is -2.18. The van der Waals surface area contributed by atoms with Crippen molar-refractivity contribution in [3.63, 3.8) is 0 Å². The molecule has 0 bridgehead atoms. The number of halogens is 2. The predicted molar refractivity (Wildman–Crippen MR) is 68.8 cm³/mol. The fourth-order valence-electron chi connectivity index (χ4n) is 1.54. The van der Waals surface area contributed by atoms with Crippen molar-refractivity contribution in [3.8, 4) is 0 Å².